The molecule has 0 saturated carbocycles. The number of nitro benzene ring substituents is 1. The minimum absolute atomic E-state index is 0.172. The predicted octanol–water partition coefficient (Wildman–Crippen LogP) is 3.18. The van der Waals surface area contributed by atoms with E-state index in [2.05, 4.69) is 0 Å². The number of carbonyl (C=O) groups excluding carboxylic acids is 2. The molecule has 1 atom stereocenters. The van der Waals surface area contributed by atoms with Crippen molar-refractivity contribution in [1.82, 2.24) is 0 Å². The molecule has 0 spiro atoms. The number of hydrogen-bond acceptors (Lipinski definition) is 7. The van der Waals surface area contributed by atoms with E-state index in [1.165, 1.54) is 48.5 Å². The molecule has 1 aliphatic heterocycles. The number of amides is 1. The number of non-ortho nitro benzene ring substituents is 1. The lowest BCUT2D eigenvalue weighted by Crippen LogP contribution is -2.29. The van der Waals surface area contributed by atoms with Gasteiger partial charge in [0.1, 0.15) is 5.76 Å². The molecule has 1 amide bonds. The number of nitrogens with zero attached hydrogens (tertiary/aromatic N) is 2. The van der Waals surface area contributed by atoms with Crippen molar-refractivity contribution < 1.29 is 28.0 Å². The fraction of sp³-hybridized carbons (Fsp3) is 0.0833. The summed E-state index contributed by atoms with van der Waals surface area (Å²) in [6.07, 6.45) is 0. The van der Waals surface area contributed by atoms with Gasteiger partial charge in [0.25, 0.3) is 17.4 Å². The van der Waals surface area contributed by atoms with Gasteiger partial charge >= 0.3 is 0 Å². The Morgan fingerprint density at radius 2 is 1.54 bits per heavy atom. The van der Waals surface area contributed by atoms with E-state index in [-0.39, 0.29) is 21.8 Å². The molecule has 1 heterocycles. The average Bonchev–Trinajstić information content (AvgIpc) is 3.09. The van der Waals surface area contributed by atoms with Gasteiger partial charge in [0.05, 0.1) is 21.4 Å². The van der Waals surface area contributed by atoms with Crippen LogP contribution in [0.25, 0.3) is 5.76 Å². The highest BCUT2D eigenvalue weighted by molar-refractivity contribution is 7.89. The van der Waals surface area contributed by atoms with Crippen LogP contribution in [0.3, 0.4) is 0 Å². The lowest BCUT2D eigenvalue weighted by Gasteiger charge is -2.25. The zero-order valence-corrected chi connectivity index (χ0v) is 19.1. The second-order valence-electron chi connectivity index (χ2n) is 7.92. The largest absolute Gasteiger partial charge is 0.507 e. The zero-order chi connectivity index (χ0) is 25.5. The third-order valence-electron chi connectivity index (χ3n) is 5.63. The third-order valence-corrected chi connectivity index (χ3v) is 6.56. The van der Waals surface area contributed by atoms with Gasteiger partial charge in [0.15, 0.2) is 0 Å². The first-order valence-electron chi connectivity index (χ1n) is 10.2. The summed E-state index contributed by atoms with van der Waals surface area (Å²) in [7, 11) is -3.99. The highest BCUT2D eigenvalue weighted by Gasteiger charge is 2.47. The SMILES string of the molecule is Cc1ccc(/C(O)=C2\C(=O)C(=O)N(c3ccc(S(N)(=O)=O)cc3)[C@@H]2c2ccc([N+](=O)[O-])cc2)cc1. The van der Waals surface area contributed by atoms with Gasteiger partial charge in [0, 0.05) is 23.4 Å². The standard InChI is InChI=1S/C24H19N3O7S/c1-14-2-4-16(5-3-14)22(28)20-21(15-6-8-18(9-7-15)27(31)32)26(24(30)23(20)29)17-10-12-19(13-11-17)35(25,33)34/h2-13,21,28H,1H3,(H2,25,33,34)/b22-20+/t21-/m1/s1. The van der Waals surface area contributed by atoms with E-state index in [1.807, 2.05) is 6.92 Å². The highest BCUT2D eigenvalue weighted by atomic mass is 32.2. The van der Waals surface area contributed by atoms with E-state index in [0.29, 0.717) is 11.1 Å². The summed E-state index contributed by atoms with van der Waals surface area (Å²) in [6.45, 7) is 1.85. The van der Waals surface area contributed by atoms with Crippen LogP contribution in [-0.4, -0.2) is 30.1 Å². The van der Waals surface area contributed by atoms with Crippen LogP contribution in [-0.2, 0) is 19.6 Å². The number of primary sulfonamides is 1. The van der Waals surface area contributed by atoms with E-state index in [1.54, 1.807) is 24.3 Å². The minimum Gasteiger partial charge on any atom is -0.507 e. The van der Waals surface area contributed by atoms with Crippen LogP contribution in [0.2, 0.25) is 0 Å². The summed E-state index contributed by atoms with van der Waals surface area (Å²) >= 11 is 0. The number of ketones is 1. The number of sulfonamides is 1. The zero-order valence-electron chi connectivity index (χ0n) is 18.3. The summed E-state index contributed by atoms with van der Waals surface area (Å²) < 4.78 is 23.2. The number of rotatable bonds is 5. The van der Waals surface area contributed by atoms with Crippen LogP contribution >= 0.6 is 0 Å². The number of nitro groups is 1. The lowest BCUT2D eigenvalue weighted by molar-refractivity contribution is -0.384. The van der Waals surface area contributed by atoms with E-state index in [9.17, 15) is 33.2 Å². The number of anilines is 1. The van der Waals surface area contributed by atoms with Crippen LogP contribution in [0.5, 0.6) is 0 Å². The predicted molar refractivity (Wildman–Crippen MR) is 127 cm³/mol. The Morgan fingerprint density at radius 3 is 2.06 bits per heavy atom. The van der Waals surface area contributed by atoms with E-state index >= 15 is 0 Å². The Labute approximate surface area is 200 Å². The molecule has 1 aliphatic rings. The van der Waals surface area contributed by atoms with E-state index in [4.69, 9.17) is 5.14 Å². The molecule has 0 unspecified atom stereocenters. The number of aliphatic hydroxyl groups is 1. The van der Waals surface area contributed by atoms with Crippen LogP contribution in [0.4, 0.5) is 11.4 Å². The van der Waals surface area contributed by atoms with Gasteiger partial charge in [-0.2, -0.15) is 0 Å². The van der Waals surface area contributed by atoms with Crippen molar-refractivity contribution in [2.24, 2.45) is 5.14 Å². The van der Waals surface area contributed by atoms with Crippen LogP contribution < -0.4 is 10.0 Å². The van der Waals surface area contributed by atoms with Crippen molar-refractivity contribution in [2.45, 2.75) is 17.9 Å². The molecule has 4 rings (SSSR count). The molecule has 35 heavy (non-hydrogen) atoms. The molecule has 3 N–H and O–H groups in total. The first kappa shape index (κ1) is 23.8. The number of aliphatic hydroxyl groups excluding tert-OH is 1. The van der Waals surface area contributed by atoms with Crippen LogP contribution in [0.15, 0.2) is 83.3 Å². The second kappa shape index (κ2) is 8.78. The first-order chi connectivity index (χ1) is 16.5. The topological polar surface area (TPSA) is 161 Å². The van der Waals surface area contributed by atoms with Gasteiger partial charge in [-0.3, -0.25) is 24.6 Å². The number of hydrogen-bond donors (Lipinski definition) is 2. The number of benzene rings is 3. The number of Topliss-reactive ketones (excluding diaryl/α,β-unsaturated/α-hetero) is 1. The molecule has 11 heteroatoms. The molecule has 0 aliphatic carbocycles. The number of carbonyl (C=O) groups is 2. The van der Waals surface area contributed by atoms with Crippen molar-refractivity contribution in [1.29, 1.82) is 0 Å². The Hall–Kier alpha value is -4.35. The molecule has 3 aromatic carbocycles. The van der Waals surface area contributed by atoms with Gasteiger partial charge in [-0.25, -0.2) is 13.6 Å². The number of nitrogens with two attached hydrogens (primary N) is 1. The molecule has 178 valence electrons. The monoisotopic (exact) mass is 493 g/mol. The van der Waals surface area contributed by atoms with E-state index < -0.39 is 38.4 Å². The Kier molecular flexibility index (Phi) is 5.97. The maximum atomic E-state index is 13.1. The van der Waals surface area contributed by atoms with E-state index in [0.717, 1.165) is 10.5 Å². The molecular weight excluding hydrogens is 474 g/mol. The Balaban J connectivity index is 1.92. The maximum absolute atomic E-state index is 13.1. The van der Waals surface area contributed by atoms with Crippen molar-refractivity contribution in [3.8, 4) is 0 Å². The van der Waals surface area contributed by atoms with Crippen molar-refractivity contribution in [3.63, 3.8) is 0 Å². The quantitative estimate of drug-likeness (QED) is 0.181. The Bertz CT molecular complexity index is 1480. The molecule has 10 nitrogen and oxygen atoms in total. The average molecular weight is 493 g/mol. The van der Waals surface area contributed by atoms with Gasteiger partial charge in [-0.1, -0.05) is 29.8 Å². The third kappa shape index (κ3) is 4.42. The fourth-order valence-corrected chi connectivity index (χ4v) is 4.37. The van der Waals surface area contributed by atoms with Crippen LogP contribution in [0.1, 0.15) is 22.7 Å². The van der Waals surface area contributed by atoms with Crippen LogP contribution in [0, 0.1) is 17.0 Å². The first-order valence-corrected chi connectivity index (χ1v) is 11.8. The molecule has 1 fully saturated rings. The summed E-state index contributed by atoms with van der Waals surface area (Å²) in [5, 5.41) is 27.3. The Morgan fingerprint density at radius 1 is 0.971 bits per heavy atom. The number of aryl methyl sites for hydroxylation is 1. The van der Waals surface area contributed by atoms with Crippen molar-refractivity contribution in [2.75, 3.05) is 4.90 Å². The van der Waals surface area contributed by atoms with Gasteiger partial charge in [0.2, 0.25) is 10.0 Å². The molecule has 3 aromatic rings. The lowest BCUT2D eigenvalue weighted by atomic mass is 9.94. The smallest absolute Gasteiger partial charge is 0.300 e. The molecule has 0 aromatic heterocycles. The molecule has 0 radical (unpaired) electrons. The maximum Gasteiger partial charge on any atom is 0.300 e. The summed E-state index contributed by atoms with van der Waals surface area (Å²) in [6, 6.07) is 15.8. The summed E-state index contributed by atoms with van der Waals surface area (Å²) in [5.41, 5.74) is 1.34. The van der Waals surface area contributed by atoms with Gasteiger partial charge < -0.3 is 5.11 Å². The van der Waals surface area contributed by atoms with Crippen molar-refractivity contribution in [3.05, 3.63) is 105 Å². The second-order valence-corrected chi connectivity index (χ2v) is 9.48. The fourth-order valence-electron chi connectivity index (χ4n) is 3.86. The van der Waals surface area contributed by atoms with Gasteiger partial charge in [-0.05, 0) is 48.9 Å². The molecule has 0 bridgehead atoms. The summed E-state index contributed by atoms with van der Waals surface area (Å²) in [4.78, 5) is 37.7. The minimum atomic E-state index is -3.99. The highest BCUT2D eigenvalue weighted by Crippen LogP contribution is 2.42. The summed E-state index contributed by atoms with van der Waals surface area (Å²) in [5.74, 6) is -2.32. The van der Waals surface area contributed by atoms with Crippen molar-refractivity contribution >= 4 is 38.8 Å². The molecule has 1 saturated heterocycles. The van der Waals surface area contributed by atoms with Gasteiger partial charge in [-0.15, -0.1) is 0 Å². The normalized spacial score (nSPS) is 17.5. The molecular formula is C24H19N3O7S.